The van der Waals surface area contributed by atoms with Gasteiger partial charge < -0.3 is 10.4 Å². The molecule has 3 aromatic rings. The molecule has 132 valence electrons. The molecule has 1 amide bonds. The van der Waals surface area contributed by atoms with Crippen LogP contribution in [0.5, 0.6) is 0 Å². The summed E-state index contributed by atoms with van der Waals surface area (Å²) in [7, 11) is 0. The topological polar surface area (TPSA) is 79.3 Å². The molecule has 0 atom stereocenters. The number of aromatic carboxylic acids is 1. The van der Waals surface area contributed by atoms with Gasteiger partial charge in [0.05, 0.1) is 16.9 Å². The Hall–Kier alpha value is -2.33. The molecule has 26 heavy (non-hydrogen) atoms. The predicted octanol–water partition coefficient (Wildman–Crippen LogP) is 4.81. The van der Waals surface area contributed by atoms with Crippen molar-refractivity contribution in [1.29, 1.82) is 0 Å². The Bertz CT molecular complexity index is 1000. The van der Waals surface area contributed by atoms with E-state index in [1.807, 2.05) is 22.6 Å². The van der Waals surface area contributed by atoms with Crippen molar-refractivity contribution in [2.45, 2.75) is 6.92 Å². The lowest BCUT2D eigenvalue weighted by atomic mass is 10.2. The Morgan fingerprint density at radius 3 is 2.54 bits per heavy atom. The molecule has 0 fully saturated rings. The van der Waals surface area contributed by atoms with E-state index in [1.165, 1.54) is 29.5 Å². The smallest absolute Gasteiger partial charge is 0.337 e. The highest BCUT2D eigenvalue weighted by Crippen LogP contribution is 2.29. The van der Waals surface area contributed by atoms with Gasteiger partial charge in [0.25, 0.3) is 5.91 Å². The minimum atomic E-state index is -1.12. The zero-order chi connectivity index (χ0) is 18.8. The van der Waals surface area contributed by atoms with E-state index in [-0.39, 0.29) is 17.1 Å². The van der Waals surface area contributed by atoms with Gasteiger partial charge >= 0.3 is 5.97 Å². The van der Waals surface area contributed by atoms with Crippen LogP contribution in [-0.4, -0.2) is 22.0 Å². The lowest BCUT2D eigenvalue weighted by Crippen LogP contribution is -2.14. The van der Waals surface area contributed by atoms with Gasteiger partial charge in [0, 0.05) is 9.13 Å². The number of hydrogen-bond donors (Lipinski definition) is 2. The minimum Gasteiger partial charge on any atom is -0.478 e. The van der Waals surface area contributed by atoms with E-state index in [4.69, 9.17) is 0 Å². The Balaban J connectivity index is 1.90. The maximum Gasteiger partial charge on any atom is 0.337 e. The summed E-state index contributed by atoms with van der Waals surface area (Å²) in [4.78, 5) is 28.7. The molecule has 0 aliphatic carbocycles. The van der Waals surface area contributed by atoms with Crippen LogP contribution in [0, 0.1) is 16.3 Å². The lowest BCUT2D eigenvalue weighted by Gasteiger charge is -2.08. The Morgan fingerprint density at radius 2 is 1.88 bits per heavy atom. The molecule has 5 nitrogen and oxygen atoms in total. The first-order valence-corrected chi connectivity index (χ1v) is 9.32. The van der Waals surface area contributed by atoms with Crippen LogP contribution in [0.4, 0.5) is 10.1 Å². The number of anilines is 1. The van der Waals surface area contributed by atoms with E-state index >= 15 is 0 Å². The molecule has 0 aliphatic heterocycles. The number of rotatable bonds is 4. The Kier molecular flexibility index (Phi) is 5.33. The van der Waals surface area contributed by atoms with Crippen molar-refractivity contribution in [3.63, 3.8) is 0 Å². The maximum atomic E-state index is 13.1. The molecule has 0 bridgehead atoms. The van der Waals surface area contributed by atoms with Crippen LogP contribution >= 0.6 is 33.9 Å². The number of carbonyl (C=O) groups is 2. The van der Waals surface area contributed by atoms with Crippen LogP contribution in [-0.2, 0) is 0 Å². The van der Waals surface area contributed by atoms with Crippen LogP contribution in [0.1, 0.15) is 25.7 Å². The normalized spacial score (nSPS) is 10.6. The summed E-state index contributed by atoms with van der Waals surface area (Å²) < 4.78 is 13.8. The Morgan fingerprint density at radius 1 is 1.19 bits per heavy atom. The third-order valence-corrected chi connectivity index (χ3v) is 5.43. The summed E-state index contributed by atoms with van der Waals surface area (Å²) in [6, 6.07) is 10.6. The number of halogens is 2. The molecule has 3 rings (SSSR count). The molecule has 0 spiro atoms. The first kappa shape index (κ1) is 18.5. The first-order valence-electron chi connectivity index (χ1n) is 7.42. The van der Waals surface area contributed by atoms with Gasteiger partial charge in [0.1, 0.15) is 15.7 Å². The standard InChI is InChI=1S/C18H12FIN2O3S/c1-9-15(26-17(21-9)10-2-4-11(19)5-3-10)16(23)22-14-7-6-12(20)8-13(14)18(24)25/h2-8H,1H3,(H,22,23)(H,24,25). The van der Waals surface area contributed by atoms with Gasteiger partial charge in [-0.25, -0.2) is 14.2 Å². The van der Waals surface area contributed by atoms with Crippen LogP contribution < -0.4 is 5.32 Å². The fraction of sp³-hybridized carbons (Fsp3) is 0.0556. The molecule has 8 heteroatoms. The number of carbonyl (C=O) groups excluding carboxylic acids is 1. The SMILES string of the molecule is Cc1nc(-c2ccc(F)cc2)sc1C(=O)Nc1ccc(I)cc1C(=O)O. The predicted molar refractivity (Wildman–Crippen MR) is 106 cm³/mol. The molecule has 1 heterocycles. The highest BCUT2D eigenvalue weighted by molar-refractivity contribution is 14.1. The molecule has 2 aromatic carbocycles. The van der Waals surface area contributed by atoms with E-state index in [0.29, 0.717) is 21.1 Å². The van der Waals surface area contributed by atoms with Crippen LogP contribution in [0.2, 0.25) is 0 Å². The van der Waals surface area contributed by atoms with Gasteiger partial charge in [-0.1, -0.05) is 0 Å². The zero-order valence-corrected chi connectivity index (χ0v) is 16.4. The van der Waals surface area contributed by atoms with Gasteiger partial charge in [-0.2, -0.15) is 0 Å². The van der Waals surface area contributed by atoms with Crippen molar-refractivity contribution in [3.8, 4) is 10.6 Å². The number of aromatic nitrogens is 1. The van der Waals surface area contributed by atoms with E-state index in [1.54, 1.807) is 31.2 Å². The van der Waals surface area contributed by atoms with Crippen LogP contribution in [0.25, 0.3) is 10.6 Å². The van der Waals surface area contributed by atoms with E-state index in [9.17, 15) is 19.1 Å². The monoisotopic (exact) mass is 482 g/mol. The number of carboxylic acid groups (broad SMARTS) is 1. The lowest BCUT2D eigenvalue weighted by molar-refractivity contribution is 0.0698. The van der Waals surface area contributed by atoms with E-state index in [0.717, 1.165) is 3.57 Å². The van der Waals surface area contributed by atoms with Crippen LogP contribution in [0.3, 0.4) is 0 Å². The number of amides is 1. The number of thiazole rings is 1. The molecule has 0 saturated heterocycles. The second-order valence-corrected chi connectivity index (χ2v) is 7.63. The Labute approximate surface area is 166 Å². The molecule has 0 aliphatic rings. The summed E-state index contributed by atoms with van der Waals surface area (Å²) in [5.41, 5.74) is 1.47. The quantitative estimate of drug-likeness (QED) is 0.524. The summed E-state index contributed by atoms with van der Waals surface area (Å²) in [6.07, 6.45) is 0. The van der Waals surface area contributed by atoms with Crippen molar-refractivity contribution in [2.75, 3.05) is 5.32 Å². The highest BCUT2D eigenvalue weighted by Gasteiger charge is 2.19. The number of hydrogen-bond acceptors (Lipinski definition) is 4. The van der Waals surface area contributed by atoms with E-state index < -0.39 is 11.9 Å². The molecule has 0 radical (unpaired) electrons. The molecule has 0 unspecified atom stereocenters. The van der Waals surface area contributed by atoms with Crippen molar-refractivity contribution >= 4 is 51.5 Å². The van der Waals surface area contributed by atoms with Gasteiger partial charge in [-0.3, -0.25) is 4.79 Å². The van der Waals surface area contributed by atoms with Gasteiger partial charge in [0.2, 0.25) is 0 Å². The second kappa shape index (κ2) is 7.50. The number of aryl methyl sites for hydroxylation is 1. The number of nitrogens with zero attached hydrogens (tertiary/aromatic N) is 1. The van der Waals surface area contributed by atoms with Gasteiger partial charge in [-0.05, 0) is 72.0 Å². The zero-order valence-electron chi connectivity index (χ0n) is 13.4. The molecule has 0 saturated carbocycles. The fourth-order valence-electron chi connectivity index (χ4n) is 2.30. The van der Waals surface area contributed by atoms with Gasteiger partial charge in [-0.15, -0.1) is 11.3 Å². The number of nitrogens with one attached hydrogen (secondary N) is 1. The largest absolute Gasteiger partial charge is 0.478 e. The summed E-state index contributed by atoms with van der Waals surface area (Å²) in [5, 5.41) is 12.5. The highest BCUT2D eigenvalue weighted by atomic mass is 127. The molecular formula is C18H12FIN2O3S. The summed E-state index contributed by atoms with van der Waals surface area (Å²) >= 11 is 3.18. The fourth-order valence-corrected chi connectivity index (χ4v) is 3.76. The molecule has 2 N–H and O–H groups in total. The number of benzene rings is 2. The van der Waals surface area contributed by atoms with Gasteiger partial charge in [0.15, 0.2) is 0 Å². The van der Waals surface area contributed by atoms with Crippen molar-refractivity contribution in [3.05, 3.63) is 68.0 Å². The number of carboxylic acids is 1. The molecule has 1 aromatic heterocycles. The van der Waals surface area contributed by atoms with E-state index in [2.05, 4.69) is 10.3 Å². The molecular weight excluding hydrogens is 470 g/mol. The second-order valence-electron chi connectivity index (χ2n) is 5.39. The van der Waals surface area contributed by atoms with Crippen molar-refractivity contribution in [1.82, 2.24) is 4.98 Å². The average molecular weight is 482 g/mol. The summed E-state index contributed by atoms with van der Waals surface area (Å²) in [5.74, 6) is -1.90. The third kappa shape index (κ3) is 3.91. The van der Waals surface area contributed by atoms with Crippen molar-refractivity contribution in [2.24, 2.45) is 0 Å². The first-order chi connectivity index (χ1) is 12.3. The average Bonchev–Trinajstić information content (AvgIpc) is 2.99. The third-order valence-electron chi connectivity index (χ3n) is 3.55. The minimum absolute atomic E-state index is 0.0196. The maximum absolute atomic E-state index is 13.1. The van der Waals surface area contributed by atoms with Crippen LogP contribution in [0.15, 0.2) is 42.5 Å². The summed E-state index contributed by atoms with van der Waals surface area (Å²) in [6.45, 7) is 1.70. The van der Waals surface area contributed by atoms with Crippen molar-refractivity contribution < 1.29 is 19.1 Å².